The Morgan fingerprint density at radius 2 is 1.89 bits per heavy atom. The molecular formula is C25H21Cl2FN6O4. The molecule has 0 saturated carbocycles. The summed E-state index contributed by atoms with van der Waals surface area (Å²) in [5, 5.41) is 10.9. The Hall–Kier alpha value is -4.22. The highest BCUT2D eigenvalue weighted by Gasteiger charge is 2.24. The lowest BCUT2D eigenvalue weighted by molar-refractivity contribution is -0.119. The molecule has 10 nitrogen and oxygen atoms in total. The number of hydrogen-bond donors (Lipinski definition) is 2. The number of anilines is 1. The molecule has 2 amide bonds. The average Bonchev–Trinajstić information content (AvgIpc) is 3.30. The summed E-state index contributed by atoms with van der Waals surface area (Å²) in [6.07, 6.45) is 3.15. The first-order valence-electron chi connectivity index (χ1n) is 11.2. The molecule has 0 spiro atoms. The second-order valence-electron chi connectivity index (χ2n) is 8.12. The first-order valence-corrected chi connectivity index (χ1v) is 12.0. The van der Waals surface area contributed by atoms with E-state index in [2.05, 4.69) is 15.6 Å². The number of carbonyl (C=O) groups is 2. The zero-order chi connectivity index (χ0) is 27.6. The van der Waals surface area contributed by atoms with E-state index in [-0.39, 0.29) is 28.6 Å². The molecule has 13 heteroatoms. The minimum atomic E-state index is -0.961. The predicted octanol–water partition coefficient (Wildman–Crippen LogP) is 4.24. The Bertz CT molecular complexity index is 1600. The van der Waals surface area contributed by atoms with E-state index in [9.17, 15) is 18.8 Å². The lowest BCUT2D eigenvalue weighted by Gasteiger charge is -2.21. The Kier molecular flexibility index (Phi) is 7.79. The van der Waals surface area contributed by atoms with Crippen molar-refractivity contribution in [2.45, 2.75) is 19.4 Å². The van der Waals surface area contributed by atoms with E-state index >= 15 is 0 Å². The molecular weight excluding hydrogens is 538 g/mol. The minimum absolute atomic E-state index is 0.0997. The van der Waals surface area contributed by atoms with Crippen LogP contribution in [-0.2, 0) is 4.79 Å². The summed E-state index contributed by atoms with van der Waals surface area (Å²) < 4.78 is 22.4. The maximum Gasteiger partial charge on any atom is 0.252 e. The van der Waals surface area contributed by atoms with E-state index in [0.717, 1.165) is 6.07 Å². The van der Waals surface area contributed by atoms with Crippen molar-refractivity contribution in [1.82, 2.24) is 19.6 Å². The van der Waals surface area contributed by atoms with E-state index < -0.39 is 29.2 Å². The van der Waals surface area contributed by atoms with E-state index in [1.54, 1.807) is 25.1 Å². The van der Waals surface area contributed by atoms with Crippen molar-refractivity contribution in [2.75, 3.05) is 12.4 Å². The maximum absolute atomic E-state index is 14.2. The number of rotatable bonds is 8. The van der Waals surface area contributed by atoms with E-state index in [1.807, 2.05) is 0 Å². The summed E-state index contributed by atoms with van der Waals surface area (Å²) in [5.74, 6) is -2.10. The second-order valence-corrected chi connectivity index (χ2v) is 8.94. The first-order chi connectivity index (χ1) is 18.1. The first kappa shape index (κ1) is 26.8. The molecule has 0 aliphatic rings. The van der Waals surface area contributed by atoms with Crippen LogP contribution in [0.15, 0.2) is 59.7 Å². The third kappa shape index (κ3) is 5.38. The molecule has 0 radical (unpaired) electrons. The van der Waals surface area contributed by atoms with Gasteiger partial charge in [-0.3, -0.25) is 19.0 Å². The molecule has 0 aliphatic carbocycles. The molecule has 2 aromatic carbocycles. The van der Waals surface area contributed by atoms with E-state index in [0.29, 0.717) is 21.8 Å². The molecule has 2 heterocycles. The van der Waals surface area contributed by atoms with Gasteiger partial charge in [0.25, 0.3) is 11.5 Å². The number of amides is 2. The highest BCUT2D eigenvalue weighted by molar-refractivity contribution is 6.31. The molecule has 0 saturated heterocycles. The van der Waals surface area contributed by atoms with Crippen LogP contribution in [0.4, 0.5) is 10.1 Å². The SMILES string of the molecule is CC[C@@H](C(=O)Nc1ccc(C(N)=O)c(F)c1)n1cc(OC)c(-c2cc(Cl)ccc2-n2cc(Cl)nn2)cc1=O. The van der Waals surface area contributed by atoms with Crippen LogP contribution in [0.5, 0.6) is 5.75 Å². The molecule has 4 aromatic rings. The number of benzene rings is 2. The molecule has 4 rings (SSSR count). The third-order valence-corrected chi connectivity index (χ3v) is 6.16. The van der Waals surface area contributed by atoms with Crippen LogP contribution in [0, 0.1) is 5.82 Å². The number of aromatic nitrogens is 4. The molecule has 2 aromatic heterocycles. The van der Waals surface area contributed by atoms with Crippen molar-refractivity contribution in [2.24, 2.45) is 5.73 Å². The molecule has 38 heavy (non-hydrogen) atoms. The van der Waals surface area contributed by atoms with Gasteiger partial charge in [0.15, 0.2) is 5.15 Å². The average molecular weight is 559 g/mol. The Morgan fingerprint density at radius 1 is 1.13 bits per heavy atom. The molecule has 0 aliphatic heterocycles. The van der Waals surface area contributed by atoms with Crippen LogP contribution in [0.3, 0.4) is 0 Å². The Balaban J connectivity index is 1.73. The van der Waals surface area contributed by atoms with Gasteiger partial charge in [-0.15, -0.1) is 5.10 Å². The molecule has 3 N–H and O–H groups in total. The standard InChI is InChI=1S/C25H21Cl2FN6O4/c1-3-19(25(37)30-14-5-6-15(24(29)36)18(28)9-14)33-11-21(38-2)17(10-23(33)35)16-8-13(26)4-7-20(16)34-12-22(27)31-32-34/h4-12,19H,3H2,1-2H3,(H2,29,36)(H,30,37)/t19-/m0/s1. The number of nitrogens with two attached hydrogens (primary N) is 1. The van der Waals surface area contributed by atoms with E-state index in [4.69, 9.17) is 33.7 Å². The van der Waals surface area contributed by atoms with Gasteiger partial charge in [0.2, 0.25) is 5.91 Å². The van der Waals surface area contributed by atoms with Crippen molar-refractivity contribution in [3.05, 3.63) is 86.8 Å². The van der Waals surface area contributed by atoms with Crippen molar-refractivity contribution in [3.8, 4) is 22.6 Å². The molecule has 0 bridgehead atoms. The monoisotopic (exact) mass is 558 g/mol. The number of methoxy groups -OCH3 is 1. The Morgan fingerprint density at radius 3 is 2.50 bits per heavy atom. The topological polar surface area (TPSA) is 134 Å². The number of primary amides is 1. The number of nitrogens with zero attached hydrogens (tertiary/aromatic N) is 4. The fraction of sp³-hybridized carbons (Fsp3) is 0.160. The van der Waals surface area contributed by atoms with Gasteiger partial charge in [-0.05, 0) is 42.8 Å². The lowest BCUT2D eigenvalue weighted by atomic mass is 10.0. The zero-order valence-electron chi connectivity index (χ0n) is 20.1. The molecule has 1 atom stereocenters. The van der Waals surface area contributed by atoms with Gasteiger partial charge in [-0.2, -0.15) is 0 Å². The second kappa shape index (κ2) is 11.0. The lowest BCUT2D eigenvalue weighted by Crippen LogP contribution is -2.32. The summed E-state index contributed by atoms with van der Waals surface area (Å²) in [4.78, 5) is 37.6. The smallest absolute Gasteiger partial charge is 0.252 e. The van der Waals surface area contributed by atoms with Crippen molar-refractivity contribution >= 4 is 40.7 Å². The number of pyridine rings is 1. The number of halogens is 3. The van der Waals surface area contributed by atoms with Gasteiger partial charge >= 0.3 is 0 Å². The maximum atomic E-state index is 14.2. The van der Waals surface area contributed by atoms with Gasteiger partial charge in [-0.1, -0.05) is 35.3 Å². The summed E-state index contributed by atoms with van der Waals surface area (Å²) in [6, 6.07) is 8.84. The number of carbonyl (C=O) groups excluding carboxylic acids is 2. The Labute approximate surface area is 225 Å². The quantitative estimate of drug-likeness (QED) is 0.332. The minimum Gasteiger partial charge on any atom is -0.495 e. The van der Waals surface area contributed by atoms with Gasteiger partial charge in [0.05, 0.1) is 30.8 Å². The van der Waals surface area contributed by atoms with Crippen LogP contribution in [-0.4, -0.2) is 38.5 Å². The number of ether oxygens (including phenoxy) is 1. The molecule has 0 fully saturated rings. The van der Waals surface area contributed by atoms with Gasteiger partial charge in [0.1, 0.15) is 17.6 Å². The summed E-state index contributed by atoms with van der Waals surface area (Å²) in [6.45, 7) is 1.72. The summed E-state index contributed by atoms with van der Waals surface area (Å²) in [5.41, 5.74) is 5.87. The number of hydrogen-bond acceptors (Lipinski definition) is 6. The zero-order valence-corrected chi connectivity index (χ0v) is 21.6. The van der Waals surface area contributed by atoms with Crippen LogP contribution in [0.2, 0.25) is 10.2 Å². The van der Waals surface area contributed by atoms with Gasteiger partial charge in [-0.25, -0.2) is 9.07 Å². The van der Waals surface area contributed by atoms with Crippen LogP contribution >= 0.6 is 23.2 Å². The summed E-state index contributed by atoms with van der Waals surface area (Å²) >= 11 is 12.2. The van der Waals surface area contributed by atoms with Crippen LogP contribution < -0.4 is 21.3 Å². The van der Waals surface area contributed by atoms with Gasteiger partial charge in [0, 0.05) is 27.9 Å². The van der Waals surface area contributed by atoms with Crippen LogP contribution in [0.25, 0.3) is 16.8 Å². The number of nitrogens with one attached hydrogen (secondary N) is 1. The highest BCUT2D eigenvalue weighted by atomic mass is 35.5. The largest absolute Gasteiger partial charge is 0.495 e. The normalized spacial score (nSPS) is 11.7. The fourth-order valence-electron chi connectivity index (χ4n) is 3.96. The predicted molar refractivity (Wildman–Crippen MR) is 141 cm³/mol. The molecule has 0 unspecified atom stereocenters. The highest BCUT2D eigenvalue weighted by Crippen LogP contribution is 2.35. The van der Waals surface area contributed by atoms with Gasteiger partial charge < -0.3 is 15.8 Å². The summed E-state index contributed by atoms with van der Waals surface area (Å²) in [7, 11) is 1.42. The van der Waals surface area contributed by atoms with Crippen LogP contribution in [0.1, 0.15) is 29.7 Å². The van der Waals surface area contributed by atoms with Crippen molar-refractivity contribution in [1.29, 1.82) is 0 Å². The van der Waals surface area contributed by atoms with Crippen molar-refractivity contribution in [3.63, 3.8) is 0 Å². The third-order valence-electron chi connectivity index (χ3n) is 5.75. The van der Waals surface area contributed by atoms with E-state index in [1.165, 1.54) is 47.0 Å². The molecule has 196 valence electrons. The fourth-order valence-corrected chi connectivity index (χ4v) is 4.26. The van der Waals surface area contributed by atoms with Crippen molar-refractivity contribution < 1.29 is 18.7 Å².